The minimum Gasteiger partial charge on any atom is -0.508 e. The number of hydrogen-bond acceptors (Lipinski definition) is 4. The number of carbonyl (C=O) groups is 1. The summed E-state index contributed by atoms with van der Waals surface area (Å²) in [5.41, 5.74) is 1.09. The molecule has 5 nitrogen and oxygen atoms in total. The quantitative estimate of drug-likeness (QED) is 0.804. The topological polar surface area (TPSA) is 64.0 Å². The molecule has 4 fully saturated rings. The van der Waals surface area contributed by atoms with Gasteiger partial charge in [-0.3, -0.25) is 9.69 Å². The fourth-order valence-corrected chi connectivity index (χ4v) is 7.38. The molecule has 2 bridgehead atoms. The van der Waals surface area contributed by atoms with Crippen molar-refractivity contribution in [2.45, 2.75) is 74.8 Å². The fraction of sp³-hybridized carbons (Fsp3) is 0.720. The first-order valence-electron chi connectivity index (χ1n) is 12.1. The van der Waals surface area contributed by atoms with Crippen molar-refractivity contribution in [3.63, 3.8) is 0 Å². The lowest BCUT2D eigenvalue weighted by atomic mass is 9.56. The van der Waals surface area contributed by atoms with Crippen LogP contribution in [0.4, 0.5) is 0 Å². The summed E-state index contributed by atoms with van der Waals surface area (Å²) in [6.45, 7) is 3.81. The first kappa shape index (κ1) is 19.1. The van der Waals surface area contributed by atoms with E-state index in [1.54, 1.807) is 6.07 Å². The molecule has 3 aliphatic carbocycles. The van der Waals surface area contributed by atoms with Gasteiger partial charge in [0.05, 0.1) is 5.60 Å². The summed E-state index contributed by atoms with van der Waals surface area (Å²) in [5.74, 6) is 1.21. The molecule has 2 saturated heterocycles. The van der Waals surface area contributed by atoms with E-state index in [2.05, 4.69) is 15.9 Å². The molecule has 5 aliphatic rings. The summed E-state index contributed by atoms with van der Waals surface area (Å²) >= 11 is 0. The minimum absolute atomic E-state index is 0.0862. The first-order chi connectivity index (χ1) is 14.5. The lowest BCUT2D eigenvalue weighted by Crippen LogP contribution is -2.69. The van der Waals surface area contributed by atoms with Crippen LogP contribution in [0.5, 0.6) is 5.75 Å². The number of hydrogen-bond donors (Lipinski definition) is 2. The largest absolute Gasteiger partial charge is 0.508 e. The van der Waals surface area contributed by atoms with Gasteiger partial charge in [0, 0.05) is 37.0 Å². The Hall–Kier alpha value is -1.59. The van der Waals surface area contributed by atoms with E-state index in [1.165, 1.54) is 24.8 Å². The summed E-state index contributed by atoms with van der Waals surface area (Å²) in [7, 11) is 0. The first-order valence-corrected chi connectivity index (χ1v) is 12.1. The fourth-order valence-electron chi connectivity index (χ4n) is 7.38. The van der Waals surface area contributed by atoms with Gasteiger partial charge in [0.2, 0.25) is 5.91 Å². The van der Waals surface area contributed by atoms with E-state index >= 15 is 0 Å². The van der Waals surface area contributed by atoms with Crippen LogP contribution in [-0.4, -0.2) is 63.7 Å². The van der Waals surface area contributed by atoms with E-state index in [-0.39, 0.29) is 23.6 Å². The molecule has 2 aliphatic heterocycles. The van der Waals surface area contributed by atoms with Crippen molar-refractivity contribution in [3.05, 3.63) is 29.3 Å². The van der Waals surface area contributed by atoms with Crippen LogP contribution >= 0.6 is 0 Å². The SMILES string of the molecule is O=C([C@@H]1C[C@]23CCN(CC4CC4)[C@H](Cc4ccc(O)cc42)[C@]3(O)C1)N1CCCCC1. The summed E-state index contributed by atoms with van der Waals surface area (Å²) in [6.07, 6.45) is 9.04. The summed E-state index contributed by atoms with van der Waals surface area (Å²) < 4.78 is 0. The third-order valence-corrected chi connectivity index (χ3v) is 9.03. The number of likely N-dealkylation sites (tertiary alicyclic amines) is 2. The highest BCUT2D eigenvalue weighted by Crippen LogP contribution is 2.62. The van der Waals surface area contributed by atoms with Crippen LogP contribution in [0.15, 0.2) is 18.2 Å². The zero-order chi connectivity index (χ0) is 20.5. The molecule has 2 heterocycles. The highest BCUT2D eigenvalue weighted by Gasteiger charge is 2.68. The number of amides is 1. The van der Waals surface area contributed by atoms with Gasteiger partial charge in [-0.2, -0.15) is 0 Å². The monoisotopic (exact) mass is 410 g/mol. The second-order valence-corrected chi connectivity index (χ2v) is 10.7. The van der Waals surface area contributed by atoms with Gasteiger partial charge >= 0.3 is 0 Å². The predicted molar refractivity (Wildman–Crippen MR) is 114 cm³/mol. The smallest absolute Gasteiger partial charge is 0.225 e. The Bertz CT molecular complexity index is 862. The molecule has 0 unspecified atom stereocenters. The summed E-state index contributed by atoms with van der Waals surface area (Å²) in [6, 6.07) is 5.81. The Morgan fingerprint density at radius 3 is 2.67 bits per heavy atom. The number of fused-ring (bicyclic) bond motifs is 1. The van der Waals surface area contributed by atoms with Crippen molar-refractivity contribution in [3.8, 4) is 5.75 Å². The van der Waals surface area contributed by atoms with Crippen molar-refractivity contribution in [1.29, 1.82) is 0 Å². The number of phenolic OH excluding ortho intramolecular Hbond substituents is 1. The molecular weight excluding hydrogens is 376 g/mol. The molecule has 5 heteroatoms. The van der Waals surface area contributed by atoms with Gasteiger partial charge in [-0.25, -0.2) is 0 Å². The van der Waals surface area contributed by atoms with Crippen LogP contribution in [0.3, 0.4) is 0 Å². The molecule has 0 spiro atoms. The van der Waals surface area contributed by atoms with Gasteiger partial charge in [-0.15, -0.1) is 0 Å². The lowest BCUT2D eigenvalue weighted by Gasteiger charge is -2.59. The van der Waals surface area contributed by atoms with Crippen molar-refractivity contribution >= 4 is 5.91 Å². The van der Waals surface area contributed by atoms with E-state index < -0.39 is 11.0 Å². The zero-order valence-corrected chi connectivity index (χ0v) is 17.9. The minimum atomic E-state index is -0.878. The van der Waals surface area contributed by atoms with Crippen LogP contribution in [-0.2, 0) is 16.6 Å². The van der Waals surface area contributed by atoms with Crippen LogP contribution in [0.25, 0.3) is 0 Å². The molecule has 1 aromatic rings. The number of piperidine rings is 2. The Morgan fingerprint density at radius 1 is 1.10 bits per heavy atom. The maximum absolute atomic E-state index is 13.5. The second kappa shape index (κ2) is 6.70. The standard InChI is InChI=1S/C25H34N2O3/c28-20-7-6-18-12-22-25(30)15-19(23(29)26-9-2-1-3-10-26)14-24(25,21(18)13-20)8-11-27(22)16-17-4-5-17/h6-7,13,17,19,22,28,30H,1-5,8-12,14-16H2/t19-,22-,24-,25-/m1/s1. The van der Waals surface area contributed by atoms with Gasteiger partial charge in [-0.1, -0.05) is 6.07 Å². The van der Waals surface area contributed by atoms with Gasteiger partial charge in [-0.05, 0) is 93.5 Å². The zero-order valence-electron chi connectivity index (χ0n) is 17.9. The molecule has 6 rings (SSSR count). The summed E-state index contributed by atoms with van der Waals surface area (Å²) in [5, 5.41) is 22.6. The van der Waals surface area contributed by atoms with Gasteiger partial charge < -0.3 is 15.1 Å². The van der Waals surface area contributed by atoms with E-state index in [0.29, 0.717) is 6.42 Å². The van der Waals surface area contributed by atoms with Crippen molar-refractivity contribution in [1.82, 2.24) is 9.80 Å². The molecule has 30 heavy (non-hydrogen) atoms. The van der Waals surface area contributed by atoms with Crippen LogP contribution in [0.1, 0.15) is 62.5 Å². The number of phenols is 1. The van der Waals surface area contributed by atoms with E-state index in [1.807, 2.05) is 6.07 Å². The number of aromatic hydroxyl groups is 1. The second-order valence-electron chi connectivity index (χ2n) is 10.7. The molecule has 1 aromatic carbocycles. The average molecular weight is 411 g/mol. The molecule has 0 radical (unpaired) electrons. The molecular formula is C25H34N2O3. The molecule has 2 N–H and O–H groups in total. The van der Waals surface area contributed by atoms with Crippen LogP contribution in [0.2, 0.25) is 0 Å². The Labute approximate surface area is 179 Å². The number of rotatable bonds is 3. The Kier molecular flexibility index (Phi) is 4.27. The molecule has 4 atom stereocenters. The molecule has 2 saturated carbocycles. The van der Waals surface area contributed by atoms with E-state index in [4.69, 9.17) is 0 Å². The number of carbonyl (C=O) groups excluding carboxylic acids is 1. The van der Waals surface area contributed by atoms with Gasteiger partial charge in [0.25, 0.3) is 0 Å². The van der Waals surface area contributed by atoms with Crippen molar-refractivity contribution < 1.29 is 15.0 Å². The highest BCUT2D eigenvalue weighted by atomic mass is 16.3. The van der Waals surface area contributed by atoms with Crippen LogP contribution < -0.4 is 0 Å². The lowest BCUT2D eigenvalue weighted by molar-refractivity contribution is -0.140. The third-order valence-electron chi connectivity index (χ3n) is 9.03. The van der Waals surface area contributed by atoms with Gasteiger partial charge in [0.15, 0.2) is 0 Å². The Morgan fingerprint density at radius 2 is 1.90 bits per heavy atom. The average Bonchev–Trinajstić information content (AvgIpc) is 3.50. The number of aliphatic hydroxyl groups is 1. The van der Waals surface area contributed by atoms with E-state index in [0.717, 1.165) is 69.8 Å². The van der Waals surface area contributed by atoms with Crippen molar-refractivity contribution in [2.24, 2.45) is 11.8 Å². The van der Waals surface area contributed by atoms with Gasteiger partial charge in [0.1, 0.15) is 5.75 Å². The molecule has 1 amide bonds. The summed E-state index contributed by atoms with van der Waals surface area (Å²) in [4.78, 5) is 18.1. The highest BCUT2D eigenvalue weighted by molar-refractivity contribution is 5.80. The Balaban J connectivity index is 1.39. The maximum atomic E-state index is 13.5. The maximum Gasteiger partial charge on any atom is 0.225 e. The number of nitrogens with zero attached hydrogens (tertiary/aromatic N) is 2. The van der Waals surface area contributed by atoms with E-state index in [9.17, 15) is 15.0 Å². The third kappa shape index (κ3) is 2.70. The normalized spacial score (nSPS) is 38.2. The number of benzene rings is 1. The molecule has 0 aromatic heterocycles. The predicted octanol–water partition coefficient (Wildman–Crippen LogP) is 2.82. The van der Waals surface area contributed by atoms with Crippen LogP contribution in [0, 0.1) is 11.8 Å². The van der Waals surface area contributed by atoms with Crippen molar-refractivity contribution in [2.75, 3.05) is 26.2 Å². The molecule has 162 valence electrons.